The van der Waals surface area contributed by atoms with Crippen LogP contribution in [-0.4, -0.2) is 55.7 Å². The van der Waals surface area contributed by atoms with E-state index in [4.69, 9.17) is 17.3 Å². The van der Waals surface area contributed by atoms with Crippen LogP contribution in [0.1, 0.15) is 36.9 Å². The molecule has 10 nitrogen and oxygen atoms in total. The maximum atomic E-state index is 14.1. The Kier molecular flexibility index (Phi) is 8.16. The summed E-state index contributed by atoms with van der Waals surface area (Å²) in [6.07, 6.45) is -3.17. The molecule has 1 saturated heterocycles. The molecule has 2 aromatic heterocycles. The van der Waals surface area contributed by atoms with Gasteiger partial charge in [0.2, 0.25) is 0 Å². The SMILES string of the molecule is CC(O)C(=O)N1CCC(c2cc(-c3ccc(NC(=O)Nc4cc(C(F)(F)F)ccc4F)c(Cl)c3)c3c(N)ncnn23)CC1. The molecule has 1 unspecified atom stereocenters. The zero-order valence-corrected chi connectivity index (χ0v) is 23.4. The summed E-state index contributed by atoms with van der Waals surface area (Å²) in [5.41, 5.74) is 7.27. The number of aliphatic hydroxyl groups is 1. The summed E-state index contributed by atoms with van der Waals surface area (Å²) in [4.78, 5) is 30.5. The molecule has 0 spiro atoms. The number of amides is 3. The fraction of sp³-hybridized carbons (Fsp3) is 0.286. The van der Waals surface area contributed by atoms with Crippen molar-refractivity contribution in [1.82, 2.24) is 19.5 Å². The number of alkyl halides is 3. The van der Waals surface area contributed by atoms with Gasteiger partial charge in [-0.05, 0) is 61.7 Å². The van der Waals surface area contributed by atoms with Crippen LogP contribution in [0.3, 0.4) is 0 Å². The molecule has 226 valence electrons. The first-order chi connectivity index (χ1) is 20.3. The van der Waals surface area contributed by atoms with Crippen LogP contribution in [0, 0.1) is 5.82 Å². The van der Waals surface area contributed by atoms with E-state index in [0.717, 1.165) is 5.69 Å². The lowest BCUT2D eigenvalue weighted by molar-refractivity contribution is -0.140. The van der Waals surface area contributed by atoms with Crippen molar-refractivity contribution in [1.29, 1.82) is 0 Å². The summed E-state index contributed by atoms with van der Waals surface area (Å²) in [5, 5.41) is 18.6. The van der Waals surface area contributed by atoms with Gasteiger partial charge in [-0.3, -0.25) is 4.79 Å². The molecule has 0 saturated carbocycles. The highest BCUT2D eigenvalue weighted by Gasteiger charge is 2.32. The van der Waals surface area contributed by atoms with Gasteiger partial charge in [0, 0.05) is 30.3 Å². The van der Waals surface area contributed by atoms with Gasteiger partial charge in [-0.15, -0.1) is 0 Å². The minimum atomic E-state index is -4.72. The molecule has 2 aromatic carbocycles. The number of halogens is 5. The van der Waals surface area contributed by atoms with Crippen molar-refractivity contribution in [3.05, 3.63) is 70.9 Å². The van der Waals surface area contributed by atoms with Gasteiger partial charge in [0.1, 0.15) is 23.8 Å². The third-order valence-corrected chi connectivity index (χ3v) is 7.58. The molecule has 1 fully saturated rings. The fourth-order valence-corrected chi connectivity index (χ4v) is 5.35. The molecule has 5 rings (SSSR count). The number of fused-ring (bicyclic) bond motifs is 1. The lowest BCUT2D eigenvalue weighted by atomic mass is 9.92. The zero-order valence-electron chi connectivity index (χ0n) is 22.6. The highest BCUT2D eigenvalue weighted by atomic mass is 35.5. The maximum absolute atomic E-state index is 14.1. The molecule has 0 bridgehead atoms. The van der Waals surface area contributed by atoms with Crippen molar-refractivity contribution in [2.24, 2.45) is 0 Å². The summed E-state index contributed by atoms with van der Waals surface area (Å²) in [6, 6.07) is 7.31. The van der Waals surface area contributed by atoms with E-state index in [1.54, 1.807) is 21.5 Å². The Morgan fingerprint density at radius 3 is 2.44 bits per heavy atom. The number of nitrogen functional groups attached to an aromatic ring is 1. The van der Waals surface area contributed by atoms with E-state index < -0.39 is 35.4 Å². The van der Waals surface area contributed by atoms with Gasteiger partial charge in [0.25, 0.3) is 5.91 Å². The predicted molar refractivity (Wildman–Crippen MR) is 152 cm³/mol. The molecule has 0 radical (unpaired) electrons. The standard InChI is InChI=1S/C28H26ClF4N7O3/c1-14(41)26(42)39-8-6-15(7-9-39)23-12-18(24-25(34)35-13-36-40(23)24)16-2-5-21(19(29)10-16)37-27(43)38-22-11-17(28(31,32)33)3-4-20(22)30/h2-5,10-15,41H,6-9H2,1H3,(H2,34,35,36)(H2,37,38,43). The molecule has 3 amide bonds. The Hall–Kier alpha value is -4.43. The Bertz CT molecular complexity index is 1700. The van der Waals surface area contributed by atoms with E-state index in [1.807, 2.05) is 6.07 Å². The molecule has 1 atom stereocenters. The highest BCUT2D eigenvalue weighted by molar-refractivity contribution is 6.34. The van der Waals surface area contributed by atoms with E-state index in [0.29, 0.717) is 60.8 Å². The van der Waals surface area contributed by atoms with Gasteiger partial charge in [-0.25, -0.2) is 18.7 Å². The lowest BCUT2D eigenvalue weighted by Gasteiger charge is -2.32. The molecular formula is C28H26ClF4N7O3. The molecular weight excluding hydrogens is 594 g/mol. The first-order valence-electron chi connectivity index (χ1n) is 13.2. The van der Waals surface area contributed by atoms with E-state index in [2.05, 4.69) is 20.7 Å². The first-order valence-corrected chi connectivity index (χ1v) is 13.5. The number of rotatable bonds is 5. The number of piperidine rings is 1. The Labute approximate surface area is 247 Å². The summed E-state index contributed by atoms with van der Waals surface area (Å²) >= 11 is 6.47. The summed E-state index contributed by atoms with van der Waals surface area (Å²) in [6.45, 7) is 2.38. The number of carbonyl (C=O) groups is 2. The van der Waals surface area contributed by atoms with Crippen molar-refractivity contribution in [3.8, 4) is 11.1 Å². The predicted octanol–water partition coefficient (Wildman–Crippen LogP) is 5.52. The van der Waals surface area contributed by atoms with Crippen molar-refractivity contribution in [2.75, 3.05) is 29.5 Å². The molecule has 5 N–H and O–H groups in total. The van der Waals surface area contributed by atoms with Crippen molar-refractivity contribution in [2.45, 2.75) is 38.0 Å². The topological polar surface area (TPSA) is 138 Å². The van der Waals surface area contributed by atoms with E-state index in [9.17, 15) is 32.3 Å². The van der Waals surface area contributed by atoms with Crippen molar-refractivity contribution < 1.29 is 32.3 Å². The Morgan fingerprint density at radius 2 is 1.79 bits per heavy atom. The molecule has 43 heavy (non-hydrogen) atoms. The summed E-state index contributed by atoms with van der Waals surface area (Å²) < 4.78 is 54.8. The van der Waals surface area contributed by atoms with Crippen molar-refractivity contribution >= 4 is 46.2 Å². The normalized spacial score (nSPS) is 15.0. The number of likely N-dealkylation sites (tertiary alicyclic amines) is 1. The first kappa shape index (κ1) is 30.0. The van der Waals surface area contributed by atoms with E-state index >= 15 is 0 Å². The molecule has 1 aliphatic rings. The third-order valence-electron chi connectivity index (χ3n) is 7.26. The van der Waals surface area contributed by atoms with Gasteiger partial charge in [-0.2, -0.15) is 18.3 Å². The zero-order chi connectivity index (χ0) is 31.1. The van der Waals surface area contributed by atoms with Crippen LogP contribution in [-0.2, 0) is 11.0 Å². The molecule has 4 aromatic rings. The highest BCUT2D eigenvalue weighted by Crippen LogP contribution is 2.38. The number of urea groups is 1. The minimum Gasteiger partial charge on any atom is -0.384 e. The largest absolute Gasteiger partial charge is 0.416 e. The summed E-state index contributed by atoms with van der Waals surface area (Å²) in [5.74, 6) is -1.10. The Morgan fingerprint density at radius 1 is 1.09 bits per heavy atom. The van der Waals surface area contributed by atoms with Crippen LogP contribution in [0.15, 0.2) is 48.8 Å². The maximum Gasteiger partial charge on any atom is 0.416 e. The number of nitrogens with one attached hydrogen (secondary N) is 2. The van der Waals surface area contributed by atoms with Crippen molar-refractivity contribution in [3.63, 3.8) is 0 Å². The lowest BCUT2D eigenvalue weighted by Crippen LogP contribution is -2.42. The number of benzene rings is 2. The third kappa shape index (κ3) is 6.20. The van der Waals surface area contributed by atoms with Crippen LogP contribution in [0.5, 0.6) is 0 Å². The number of anilines is 3. The van der Waals surface area contributed by atoms with Gasteiger partial charge >= 0.3 is 12.2 Å². The van der Waals surface area contributed by atoms with Gasteiger partial charge in [-0.1, -0.05) is 17.7 Å². The molecule has 1 aliphatic heterocycles. The van der Waals surface area contributed by atoms with Gasteiger partial charge in [0.15, 0.2) is 5.82 Å². The van der Waals surface area contributed by atoms with Gasteiger partial charge < -0.3 is 26.4 Å². The van der Waals surface area contributed by atoms with E-state index in [-0.39, 0.29) is 28.4 Å². The number of carbonyl (C=O) groups excluding carboxylic acids is 2. The van der Waals surface area contributed by atoms with Crippen LogP contribution < -0.4 is 16.4 Å². The second-order valence-electron chi connectivity index (χ2n) is 10.1. The van der Waals surface area contributed by atoms with E-state index in [1.165, 1.54) is 19.3 Å². The fourth-order valence-electron chi connectivity index (χ4n) is 5.12. The monoisotopic (exact) mass is 619 g/mol. The van der Waals surface area contributed by atoms with Crippen LogP contribution in [0.25, 0.3) is 16.6 Å². The number of hydrogen-bond acceptors (Lipinski definition) is 6. The smallest absolute Gasteiger partial charge is 0.384 e. The van der Waals surface area contributed by atoms with Crippen LogP contribution in [0.4, 0.5) is 39.5 Å². The number of nitrogens with zero attached hydrogens (tertiary/aromatic N) is 4. The second-order valence-corrected chi connectivity index (χ2v) is 10.5. The van der Waals surface area contributed by atoms with Gasteiger partial charge in [0.05, 0.1) is 22.0 Å². The average molecular weight is 620 g/mol. The van der Waals surface area contributed by atoms with Crippen LogP contribution in [0.2, 0.25) is 5.02 Å². The second kappa shape index (κ2) is 11.7. The number of hydrogen-bond donors (Lipinski definition) is 4. The quantitative estimate of drug-likeness (QED) is 0.217. The number of aromatic nitrogens is 3. The molecule has 0 aliphatic carbocycles. The summed E-state index contributed by atoms with van der Waals surface area (Å²) in [7, 11) is 0. The number of nitrogens with two attached hydrogens (primary N) is 1. The molecule has 3 heterocycles. The Balaban J connectivity index is 1.38. The van der Waals surface area contributed by atoms with Crippen LogP contribution >= 0.6 is 11.6 Å². The minimum absolute atomic E-state index is 0.0324. The average Bonchev–Trinajstić information content (AvgIpc) is 3.35. The molecule has 15 heteroatoms. The number of aliphatic hydroxyl groups excluding tert-OH is 1.